The third kappa shape index (κ3) is 2.58. The Balaban J connectivity index is 2.33. The SMILES string of the molecule is CC(=O)O[C@H](c1ccc2c(c1)OCO2)C(C)(C)C. The number of benzene rings is 1. The predicted molar refractivity (Wildman–Crippen MR) is 66.5 cm³/mol. The number of rotatable bonds is 2. The summed E-state index contributed by atoms with van der Waals surface area (Å²) < 4.78 is 16.0. The fraction of sp³-hybridized carbons (Fsp3) is 0.500. The molecule has 1 aromatic carbocycles. The largest absolute Gasteiger partial charge is 0.457 e. The van der Waals surface area contributed by atoms with E-state index < -0.39 is 0 Å². The van der Waals surface area contributed by atoms with Crippen molar-refractivity contribution in [1.29, 1.82) is 0 Å². The van der Waals surface area contributed by atoms with E-state index in [1.807, 2.05) is 39.0 Å². The van der Waals surface area contributed by atoms with Gasteiger partial charge >= 0.3 is 5.97 Å². The van der Waals surface area contributed by atoms with Gasteiger partial charge in [0.1, 0.15) is 6.10 Å². The van der Waals surface area contributed by atoms with Crippen LogP contribution in [0.2, 0.25) is 0 Å². The van der Waals surface area contributed by atoms with Crippen LogP contribution in [-0.4, -0.2) is 12.8 Å². The lowest BCUT2D eigenvalue weighted by Gasteiger charge is -2.30. The Morgan fingerprint density at radius 2 is 1.94 bits per heavy atom. The van der Waals surface area contributed by atoms with E-state index in [4.69, 9.17) is 14.2 Å². The van der Waals surface area contributed by atoms with E-state index in [0.717, 1.165) is 11.3 Å². The molecule has 0 saturated carbocycles. The molecule has 0 amide bonds. The van der Waals surface area contributed by atoms with E-state index in [0.29, 0.717) is 5.75 Å². The highest BCUT2D eigenvalue weighted by Crippen LogP contribution is 2.41. The van der Waals surface area contributed by atoms with Crippen LogP contribution in [0.15, 0.2) is 18.2 Å². The van der Waals surface area contributed by atoms with Gasteiger partial charge in [-0.3, -0.25) is 4.79 Å². The van der Waals surface area contributed by atoms with Gasteiger partial charge in [-0.25, -0.2) is 0 Å². The van der Waals surface area contributed by atoms with Gasteiger partial charge in [-0.2, -0.15) is 0 Å². The van der Waals surface area contributed by atoms with Crippen molar-refractivity contribution in [1.82, 2.24) is 0 Å². The van der Waals surface area contributed by atoms with Crippen LogP contribution < -0.4 is 9.47 Å². The summed E-state index contributed by atoms with van der Waals surface area (Å²) in [4.78, 5) is 11.2. The first-order valence-electron chi connectivity index (χ1n) is 5.94. The predicted octanol–water partition coefficient (Wildman–Crippen LogP) is 3.07. The number of carbonyl (C=O) groups excluding carboxylic acids is 1. The number of hydrogen-bond acceptors (Lipinski definition) is 4. The van der Waals surface area contributed by atoms with Crippen LogP contribution in [0.5, 0.6) is 11.5 Å². The highest BCUT2D eigenvalue weighted by atomic mass is 16.7. The molecule has 18 heavy (non-hydrogen) atoms. The molecule has 4 heteroatoms. The lowest BCUT2D eigenvalue weighted by atomic mass is 9.84. The van der Waals surface area contributed by atoms with Gasteiger partial charge in [-0.1, -0.05) is 26.8 Å². The average molecular weight is 250 g/mol. The van der Waals surface area contributed by atoms with E-state index >= 15 is 0 Å². The number of carbonyl (C=O) groups is 1. The molecular formula is C14H18O4. The van der Waals surface area contributed by atoms with Crippen molar-refractivity contribution in [3.05, 3.63) is 23.8 Å². The lowest BCUT2D eigenvalue weighted by molar-refractivity contribution is -0.152. The first kappa shape index (κ1) is 12.7. The zero-order valence-corrected chi connectivity index (χ0v) is 11.1. The van der Waals surface area contributed by atoms with E-state index in [9.17, 15) is 4.79 Å². The highest BCUT2D eigenvalue weighted by Gasteiger charge is 2.30. The second-order valence-electron chi connectivity index (χ2n) is 5.47. The van der Waals surface area contributed by atoms with E-state index in [1.54, 1.807) is 0 Å². The first-order valence-corrected chi connectivity index (χ1v) is 5.94. The smallest absolute Gasteiger partial charge is 0.303 e. The third-order valence-corrected chi connectivity index (χ3v) is 2.77. The zero-order chi connectivity index (χ0) is 13.3. The minimum absolute atomic E-state index is 0.181. The molecule has 0 aromatic heterocycles. The molecule has 1 aliphatic heterocycles. The maximum atomic E-state index is 11.2. The minimum atomic E-state index is -0.301. The van der Waals surface area contributed by atoms with Gasteiger partial charge in [-0.05, 0) is 17.7 Å². The fourth-order valence-corrected chi connectivity index (χ4v) is 1.99. The summed E-state index contributed by atoms with van der Waals surface area (Å²) in [7, 11) is 0. The first-order chi connectivity index (χ1) is 8.38. The quantitative estimate of drug-likeness (QED) is 0.757. The Hall–Kier alpha value is -1.71. The summed E-state index contributed by atoms with van der Waals surface area (Å²) >= 11 is 0. The molecule has 0 fully saturated rings. The van der Waals surface area contributed by atoms with E-state index in [1.165, 1.54) is 6.92 Å². The topological polar surface area (TPSA) is 44.8 Å². The van der Waals surface area contributed by atoms with Crippen LogP contribution in [0.3, 0.4) is 0 Å². The molecule has 0 spiro atoms. The van der Waals surface area contributed by atoms with Crippen LogP contribution >= 0.6 is 0 Å². The van der Waals surface area contributed by atoms with Crippen molar-refractivity contribution in [2.24, 2.45) is 5.41 Å². The molecule has 0 N–H and O–H groups in total. The molecule has 0 radical (unpaired) electrons. The molecule has 1 aliphatic rings. The van der Waals surface area contributed by atoms with Crippen molar-refractivity contribution in [2.45, 2.75) is 33.8 Å². The molecule has 0 unspecified atom stereocenters. The average Bonchev–Trinajstić information content (AvgIpc) is 2.70. The van der Waals surface area contributed by atoms with Gasteiger partial charge in [-0.15, -0.1) is 0 Å². The van der Waals surface area contributed by atoms with Crippen molar-refractivity contribution in [3.63, 3.8) is 0 Å². The maximum absolute atomic E-state index is 11.2. The standard InChI is InChI=1S/C14H18O4/c1-9(15)18-13(14(2,3)4)10-5-6-11-12(7-10)17-8-16-11/h5-7,13H,8H2,1-4H3/t13-/m1/s1. The van der Waals surface area contributed by atoms with E-state index in [-0.39, 0.29) is 24.3 Å². The molecule has 0 bridgehead atoms. The second kappa shape index (κ2) is 4.52. The molecular weight excluding hydrogens is 232 g/mol. The summed E-state index contributed by atoms with van der Waals surface area (Å²) in [6.45, 7) is 7.76. The van der Waals surface area contributed by atoms with Gasteiger partial charge in [0, 0.05) is 12.3 Å². The van der Waals surface area contributed by atoms with Crippen LogP contribution in [0.4, 0.5) is 0 Å². The van der Waals surface area contributed by atoms with Crippen molar-refractivity contribution >= 4 is 5.97 Å². The molecule has 98 valence electrons. The summed E-state index contributed by atoms with van der Waals surface area (Å²) in [5, 5.41) is 0. The summed E-state index contributed by atoms with van der Waals surface area (Å²) in [5.74, 6) is 1.15. The lowest BCUT2D eigenvalue weighted by Crippen LogP contribution is -2.23. The van der Waals surface area contributed by atoms with Crippen molar-refractivity contribution in [2.75, 3.05) is 6.79 Å². The normalized spacial score (nSPS) is 15.3. The summed E-state index contributed by atoms with van der Waals surface area (Å²) in [5.41, 5.74) is 0.737. The third-order valence-electron chi connectivity index (χ3n) is 2.77. The second-order valence-corrected chi connectivity index (χ2v) is 5.47. The molecule has 1 atom stereocenters. The van der Waals surface area contributed by atoms with Crippen molar-refractivity contribution in [3.8, 4) is 11.5 Å². The monoisotopic (exact) mass is 250 g/mol. The number of esters is 1. The molecule has 1 heterocycles. The van der Waals surface area contributed by atoms with Gasteiger partial charge in [0.2, 0.25) is 6.79 Å². The van der Waals surface area contributed by atoms with Gasteiger partial charge in [0.25, 0.3) is 0 Å². The Morgan fingerprint density at radius 3 is 2.56 bits per heavy atom. The maximum Gasteiger partial charge on any atom is 0.303 e. The number of ether oxygens (including phenoxy) is 3. The Labute approximate surface area is 107 Å². The van der Waals surface area contributed by atoms with Crippen LogP contribution in [0.1, 0.15) is 39.4 Å². The van der Waals surface area contributed by atoms with Crippen molar-refractivity contribution < 1.29 is 19.0 Å². The van der Waals surface area contributed by atoms with Crippen LogP contribution in [0, 0.1) is 5.41 Å². The van der Waals surface area contributed by atoms with Gasteiger partial charge in [0.05, 0.1) is 0 Å². The van der Waals surface area contributed by atoms with Crippen LogP contribution in [-0.2, 0) is 9.53 Å². The molecule has 2 rings (SSSR count). The van der Waals surface area contributed by atoms with Crippen LogP contribution in [0.25, 0.3) is 0 Å². The molecule has 0 saturated heterocycles. The molecule has 1 aromatic rings. The van der Waals surface area contributed by atoms with Gasteiger partial charge in [0.15, 0.2) is 11.5 Å². The number of fused-ring (bicyclic) bond motifs is 1. The molecule has 4 nitrogen and oxygen atoms in total. The highest BCUT2D eigenvalue weighted by molar-refractivity contribution is 5.66. The molecule has 0 aliphatic carbocycles. The Bertz CT molecular complexity index is 459. The number of hydrogen-bond donors (Lipinski definition) is 0. The zero-order valence-electron chi connectivity index (χ0n) is 11.1. The minimum Gasteiger partial charge on any atom is -0.457 e. The summed E-state index contributed by atoms with van der Waals surface area (Å²) in [6, 6.07) is 5.63. The summed E-state index contributed by atoms with van der Waals surface area (Å²) in [6.07, 6.45) is -0.301. The van der Waals surface area contributed by atoms with Gasteiger partial charge < -0.3 is 14.2 Å². The van der Waals surface area contributed by atoms with E-state index in [2.05, 4.69) is 0 Å². The Morgan fingerprint density at radius 1 is 1.28 bits per heavy atom. The Kier molecular flexibility index (Phi) is 3.20. The fourth-order valence-electron chi connectivity index (χ4n) is 1.99.